The number of carbonyl (C=O) groups is 1. The zero-order chi connectivity index (χ0) is 16.1. The van der Waals surface area contributed by atoms with Crippen LogP contribution in [-0.2, 0) is 10.0 Å². The highest BCUT2D eigenvalue weighted by Crippen LogP contribution is 2.49. The summed E-state index contributed by atoms with van der Waals surface area (Å²) in [5, 5.41) is 6.65. The Labute approximate surface area is 123 Å². The predicted octanol–water partition coefficient (Wildman–Crippen LogP) is 1.81. The highest BCUT2D eigenvalue weighted by molar-refractivity contribution is 7.89. The van der Waals surface area contributed by atoms with Crippen LogP contribution >= 0.6 is 11.6 Å². The van der Waals surface area contributed by atoms with Gasteiger partial charge in [0.15, 0.2) is 0 Å². The molecule has 1 aromatic carbocycles. The van der Waals surface area contributed by atoms with Crippen LogP contribution in [0, 0.1) is 0 Å². The van der Waals surface area contributed by atoms with Gasteiger partial charge in [0.25, 0.3) is 5.91 Å². The standard InChI is InChI=1S/C11H10ClF3N2O3S/c12-7-3-6(4-8(5-7)21(16,19)20)9(18)17-10(1-2-10)11(13,14)15/h3-5H,1-2H2,(H,17,18)(H2,16,19,20). The lowest BCUT2D eigenvalue weighted by molar-refractivity contribution is -0.163. The van der Waals surface area contributed by atoms with Gasteiger partial charge in [-0.25, -0.2) is 13.6 Å². The molecule has 1 aliphatic carbocycles. The minimum atomic E-state index is -4.57. The summed E-state index contributed by atoms with van der Waals surface area (Å²) in [5.74, 6) is -1.06. The molecule has 0 radical (unpaired) electrons. The Hall–Kier alpha value is -1.32. The lowest BCUT2D eigenvalue weighted by Gasteiger charge is -2.20. The van der Waals surface area contributed by atoms with Crippen molar-refractivity contribution in [2.45, 2.75) is 29.5 Å². The van der Waals surface area contributed by atoms with Crippen LogP contribution in [0.5, 0.6) is 0 Å². The van der Waals surface area contributed by atoms with E-state index in [1.807, 2.05) is 5.32 Å². The number of nitrogens with one attached hydrogen (secondary N) is 1. The molecular weight excluding hydrogens is 333 g/mol. The molecule has 10 heteroatoms. The van der Waals surface area contributed by atoms with Crippen molar-refractivity contribution in [1.82, 2.24) is 5.32 Å². The average Bonchev–Trinajstić information content (AvgIpc) is 3.07. The number of halogens is 4. The third-order valence-corrected chi connectivity index (χ3v) is 4.22. The van der Waals surface area contributed by atoms with Crippen molar-refractivity contribution in [3.05, 3.63) is 28.8 Å². The van der Waals surface area contributed by atoms with Crippen LogP contribution in [0.1, 0.15) is 23.2 Å². The van der Waals surface area contributed by atoms with E-state index in [4.69, 9.17) is 16.7 Å². The molecule has 116 valence electrons. The lowest BCUT2D eigenvalue weighted by atomic mass is 10.1. The highest BCUT2D eigenvalue weighted by atomic mass is 35.5. The topological polar surface area (TPSA) is 89.3 Å². The molecule has 1 fully saturated rings. The third kappa shape index (κ3) is 3.30. The van der Waals surface area contributed by atoms with Crippen LogP contribution in [0.4, 0.5) is 13.2 Å². The van der Waals surface area contributed by atoms with Gasteiger partial charge in [-0.05, 0) is 31.0 Å². The Kier molecular flexibility index (Phi) is 3.71. The van der Waals surface area contributed by atoms with E-state index in [2.05, 4.69) is 0 Å². The van der Waals surface area contributed by atoms with Crippen molar-refractivity contribution in [2.75, 3.05) is 0 Å². The van der Waals surface area contributed by atoms with Gasteiger partial charge in [-0.2, -0.15) is 13.2 Å². The third-order valence-electron chi connectivity index (χ3n) is 3.11. The Morgan fingerprint density at radius 3 is 2.29 bits per heavy atom. The molecule has 0 heterocycles. The molecule has 3 N–H and O–H groups in total. The second kappa shape index (κ2) is 4.85. The normalized spacial score (nSPS) is 17.4. The monoisotopic (exact) mass is 342 g/mol. The number of hydrogen-bond acceptors (Lipinski definition) is 3. The van der Waals surface area contributed by atoms with Gasteiger partial charge in [-0.15, -0.1) is 0 Å². The number of benzene rings is 1. The predicted molar refractivity (Wildman–Crippen MR) is 68.3 cm³/mol. The van der Waals surface area contributed by atoms with Crippen LogP contribution in [0.2, 0.25) is 5.02 Å². The molecule has 2 rings (SSSR count). The molecule has 0 saturated heterocycles. The molecule has 0 unspecified atom stereocenters. The Balaban J connectivity index is 2.31. The Morgan fingerprint density at radius 2 is 1.86 bits per heavy atom. The first-order chi connectivity index (χ1) is 9.45. The summed E-state index contributed by atoms with van der Waals surface area (Å²) >= 11 is 5.65. The number of primary sulfonamides is 1. The van der Waals surface area contributed by atoms with Crippen LogP contribution in [0.3, 0.4) is 0 Å². The molecule has 1 aliphatic rings. The minimum absolute atomic E-state index is 0.122. The summed E-state index contributed by atoms with van der Waals surface area (Å²) in [7, 11) is -4.12. The molecule has 0 atom stereocenters. The van der Waals surface area contributed by atoms with Gasteiger partial charge in [0.05, 0.1) is 4.90 Å². The SMILES string of the molecule is NS(=O)(=O)c1cc(Cl)cc(C(=O)NC2(C(F)(F)F)CC2)c1. The summed E-state index contributed by atoms with van der Waals surface area (Å²) in [4.78, 5) is 11.4. The van der Waals surface area contributed by atoms with Gasteiger partial charge in [0.2, 0.25) is 10.0 Å². The van der Waals surface area contributed by atoms with Crippen molar-refractivity contribution < 1.29 is 26.4 Å². The van der Waals surface area contributed by atoms with Crippen LogP contribution in [-0.4, -0.2) is 26.0 Å². The van der Waals surface area contributed by atoms with E-state index >= 15 is 0 Å². The number of hydrogen-bond donors (Lipinski definition) is 2. The molecule has 21 heavy (non-hydrogen) atoms. The molecule has 0 aliphatic heterocycles. The summed E-state index contributed by atoms with van der Waals surface area (Å²) in [6.07, 6.45) is -5.00. The summed E-state index contributed by atoms with van der Waals surface area (Å²) in [6, 6.07) is 2.95. The molecule has 1 amide bonds. The number of amides is 1. The molecule has 1 aromatic rings. The fourth-order valence-corrected chi connectivity index (χ4v) is 2.63. The maximum absolute atomic E-state index is 12.8. The summed E-state index contributed by atoms with van der Waals surface area (Å²) in [6.45, 7) is 0. The molecule has 0 bridgehead atoms. The summed E-state index contributed by atoms with van der Waals surface area (Å²) < 4.78 is 60.7. The number of sulfonamides is 1. The van der Waals surface area contributed by atoms with Gasteiger partial charge in [-0.3, -0.25) is 4.79 Å². The molecule has 0 aromatic heterocycles. The van der Waals surface area contributed by atoms with E-state index in [1.165, 1.54) is 0 Å². The smallest absolute Gasteiger partial charge is 0.338 e. The molecule has 0 spiro atoms. The Bertz CT molecular complexity index is 699. The van der Waals surface area contributed by atoms with Gasteiger partial charge in [0.1, 0.15) is 5.54 Å². The summed E-state index contributed by atoms with van der Waals surface area (Å²) in [5.41, 5.74) is -2.55. The Morgan fingerprint density at radius 1 is 1.29 bits per heavy atom. The maximum atomic E-state index is 12.8. The van der Waals surface area contributed by atoms with E-state index in [9.17, 15) is 26.4 Å². The van der Waals surface area contributed by atoms with Gasteiger partial charge in [0, 0.05) is 10.6 Å². The van der Waals surface area contributed by atoms with Crippen LogP contribution in [0.25, 0.3) is 0 Å². The zero-order valence-electron chi connectivity index (χ0n) is 10.4. The number of alkyl halides is 3. The molecular formula is C11H10ClF3N2O3S. The highest BCUT2D eigenvalue weighted by Gasteiger charge is 2.64. The van der Waals surface area contributed by atoms with Gasteiger partial charge in [-0.1, -0.05) is 11.6 Å². The van der Waals surface area contributed by atoms with Crippen molar-refractivity contribution >= 4 is 27.5 Å². The molecule has 1 saturated carbocycles. The van der Waals surface area contributed by atoms with Gasteiger partial charge < -0.3 is 5.32 Å². The van der Waals surface area contributed by atoms with Crippen molar-refractivity contribution in [3.8, 4) is 0 Å². The first-order valence-electron chi connectivity index (χ1n) is 5.67. The van der Waals surface area contributed by atoms with Crippen LogP contribution in [0.15, 0.2) is 23.1 Å². The minimum Gasteiger partial charge on any atom is -0.338 e. The van der Waals surface area contributed by atoms with E-state index in [1.54, 1.807) is 0 Å². The van der Waals surface area contributed by atoms with Crippen molar-refractivity contribution in [3.63, 3.8) is 0 Å². The first-order valence-corrected chi connectivity index (χ1v) is 7.60. The number of nitrogens with two attached hydrogens (primary N) is 1. The van der Waals surface area contributed by atoms with E-state index < -0.39 is 32.5 Å². The van der Waals surface area contributed by atoms with Crippen LogP contribution < -0.4 is 10.5 Å². The largest absolute Gasteiger partial charge is 0.411 e. The number of carbonyl (C=O) groups excluding carboxylic acids is 1. The molecule has 5 nitrogen and oxygen atoms in total. The zero-order valence-corrected chi connectivity index (χ0v) is 11.9. The fraction of sp³-hybridized carbons (Fsp3) is 0.364. The number of rotatable bonds is 3. The lowest BCUT2D eigenvalue weighted by Crippen LogP contribution is -2.47. The van der Waals surface area contributed by atoms with Crippen molar-refractivity contribution in [2.24, 2.45) is 5.14 Å². The van der Waals surface area contributed by atoms with E-state index in [0.717, 1.165) is 18.2 Å². The quantitative estimate of drug-likeness (QED) is 0.878. The first kappa shape index (κ1) is 16.1. The van der Waals surface area contributed by atoms with Crippen molar-refractivity contribution in [1.29, 1.82) is 0 Å². The second-order valence-corrected chi connectivity index (χ2v) is 6.75. The average molecular weight is 343 g/mol. The second-order valence-electron chi connectivity index (χ2n) is 4.75. The van der Waals surface area contributed by atoms with E-state index in [0.29, 0.717) is 0 Å². The van der Waals surface area contributed by atoms with E-state index in [-0.39, 0.29) is 23.4 Å². The fourth-order valence-electron chi connectivity index (χ4n) is 1.75. The maximum Gasteiger partial charge on any atom is 0.411 e. The van der Waals surface area contributed by atoms with Gasteiger partial charge >= 0.3 is 6.18 Å².